The number of carbonyl (C=O) groups is 2. The van der Waals surface area contributed by atoms with E-state index in [2.05, 4.69) is 10.1 Å². The van der Waals surface area contributed by atoms with Gasteiger partial charge in [0.15, 0.2) is 0 Å². The molecule has 0 aliphatic carbocycles. The maximum Gasteiger partial charge on any atom is 0.307 e. The predicted octanol–water partition coefficient (Wildman–Crippen LogP) is -1.62. The van der Waals surface area contributed by atoms with E-state index in [1.54, 1.807) is 6.92 Å². The Morgan fingerprint density at radius 3 is 2.71 bits per heavy atom. The fraction of sp³-hybridized carbons (Fsp3) is 0.750. The van der Waals surface area contributed by atoms with Crippen molar-refractivity contribution in [2.45, 2.75) is 19.4 Å². The summed E-state index contributed by atoms with van der Waals surface area (Å²) in [5.41, 5.74) is 4.81. The minimum atomic E-state index is -1.21. The molecule has 0 aliphatic heterocycles. The van der Waals surface area contributed by atoms with E-state index < -0.39 is 12.0 Å². The van der Waals surface area contributed by atoms with Gasteiger partial charge in [-0.3, -0.25) is 9.59 Å². The van der Waals surface area contributed by atoms with Gasteiger partial charge in [-0.25, -0.2) is 0 Å². The van der Waals surface area contributed by atoms with Crippen LogP contribution in [0.5, 0.6) is 0 Å². The van der Waals surface area contributed by atoms with Crippen molar-refractivity contribution >= 4 is 11.9 Å². The Kier molecular flexibility index (Phi) is 6.69. The quantitative estimate of drug-likeness (QED) is 0.341. The zero-order valence-corrected chi connectivity index (χ0v) is 8.16. The van der Waals surface area contributed by atoms with Gasteiger partial charge in [-0.05, 0) is 6.92 Å². The summed E-state index contributed by atoms with van der Waals surface area (Å²) in [6.45, 7) is 2.48. The third-order valence-corrected chi connectivity index (χ3v) is 1.48. The molecule has 0 aromatic carbocycles. The van der Waals surface area contributed by atoms with Crippen molar-refractivity contribution in [2.75, 3.05) is 19.7 Å². The number of rotatable bonds is 7. The molecule has 0 aromatic heterocycles. The summed E-state index contributed by atoms with van der Waals surface area (Å²) in [6.07, 6.45) is -1.00. The smallest absolute Gasteiger partial charge is 0.307 e. The Labute approximate surface area is 82.4 Å². The highest BCUT2D eigenvalue weighted by Crippen LogP contribution is 1.84. The number of hydrogen-bond donors (Lipinski definition) is 3. The van der Waals surface area contributed by atoms with E-state index in [1.165, 1.54) is 0 Å². The second kappa shape index (κ2) is 7.28. The standard InChI is InChI=1S/C8H16N2O4/c1-2-14-7(12)3-4-10-5-6(11)8(9)13/h6,10-11H,2-5H2,1H3,(H2,9,13). The molecule has 14 heavy (non-hydrogen) atoms. The Morgan fingerprint density at radius 2 is 2.21 bits per heavy atom. The van der Waals surface area contributed by atoms with Crippen LogP contribution >= 0.6 is 0 Å². The normalized spacial score (nSPS) is 12.1. The van der Waals surface area contributed by atoms with Gasteiger partial charge >= 0.3 is 5.97 Å². The topological polar surface area (TPSA) is 102 Å². The SMILES string of the molecule is CCOC(=O)CCNCC(O)C(N)=O. The van der Waals surface area contributed by atoms with Gasteiger partial charge in [-0.1, -0.05) is 0 Å². The summed E-state index contributed by atoms with van der Waals surface area (Å²) in [6, 6.07) is 0. The van der Waals surface area contributed by atoms with E-state index in [1.807, 2.05) is 0 Å². The lowest BCUT2D eigenvalue weighted by Gasteiger charge is -2.07. The Morgan fingerprint density at radius 1 is 1.57 bits per heavy atom. The van der Waals surface area contributed by atoms with Gasteiger partial charge < -0.3 is 20.9 Å². The number of ether oxygens (including phenoxy) is 1. The molecule has 0 radical (unpaired) electrons. The van der Waals surface area contributed by atoms with Gasteiger partial charge in [-0.15, -0.1) is 0 Å². The molecule has 0 rings (SSSR count). The molecule has 6 heteroatoms. The number of aliphatic hydroxyl groups excluding tert-OH is 1. The van der Waals surface area contributed by atoms with Crippen LogP contribution < -0.4 is 11.1 Å². The molecular weight excluding hydrogens is 188 g/mol. The first-order chi connectivity index (χ1) is 6.57. The second-order valence-electron chi connectivity index (χ2n) is 2.68. The summed E-state index contributed by atoms with van der Waals surface area (Å²) in [5.74, 6) is -1.10. The van der Waals surface area contributed by atoms with Gasteiger partial charge in [0.1, 0.15) is 6.10 Å². The molecule has 1 unspecified atom stereocenters. The first-order valence-corrected chi connectivity index (χ1v) is 4.41. The molecule has 0 heterocycles. The summed E-state index contributed by atoms with van der Waals surface area (Å²) >= 11 is 0. The van der Waals surface area contributed by atoms with Crippen molar-refractivity contribution in [2.24, 2.45) is 5.73 Å². The maximum absolute atomic E-state index is 10.8. The van der Waals surface area contributed by atoms with Crippen molar-refractivity contribution in [1.29, 1.82) is 0 Å². The van der Waals surface area contributed by atoms with Crippen molar-refractivity contribution in [3.63, 3.8) is 0 Å². The van der Waals surface area contributed by atoms with Crippen molar-refractivity contribution in [3.8, 4) is 0 Å². The molecule has 1 atom stereocenters. The third kappa shape index (κ3) is 6.38. The summed E-state index contributed by atoms with van der Waals surface area (Å²) in [4.78, 5) is 21.2. The molecule has 0 spiro atoms. The Bertz CT molecular complexity index is 196. The Balaban J connectivity index is 3.37. The fourth-order valence-electron chi connectivity index (χ4n) is 0.763. The number of aliphatic hydroxyl groups is 1. The van der Waals surface area contributed by atoms with E-state index in [9.17, 15) is 9.59 Å². The molecule has 1 amide bonds. The number of nitrogens with one attached hydrogen (secondary N) is 1. The van der Waals surface area contributed by atoms with Crippen LogP contribution in [0, 0.1) is 0 Å². The van der Waals surface area contributed by atoms with Crippen LogP contribution in [0.3, 0.4) is 0 Å². The fourth-order valence-corrected chi connectivity index (χ4v) is 0.763. The molecule has 0 saturated carbocycles. The highest BCUT2D eigenvalue weighted by molar-refractivity contribution is 5.78. The lowest BCUT2D eigenvalue weighted by molar-refractivity contribution is -0.142. The van der Waals surface area contributed by atoms with Crippen LogP contribution in [0.15, 0.2) is 0 Å². The van der Waals surface area contributed by atoms with E-state index in [0.717, 1.165) is 0 Å². The molecule has 0 aliphatic rings. The first kappa shape index (κ1) is 12.9. The van der Waals surface area contributed by atoms with E-state index in [-0.39, 0.29) is 18.9 Å². The van der Waals surface area contributed by atoms with Crippen LogP contribution in [-0.2, 0) is 14.3 Å². The molecular formula is C8H16N2O4. The Hall–Kier alpha value is -1.14. The van der Waals surface area contributed by atoms with Crippen molar-refractivity contribution in [1.82, 2.24) is 5.32 Å². The predicted molar refractivity (Wildman–Crippen MR) is 49.3 cm³/mol. The second-order valence-corrected chi connectivity index (χ2v) is 2.68. The minimum Gasteiger partial charge on any atom is -0.466 e. The van der Waals surface area contributed by atoms with E-state index in [0.29, 0.717) is 13.2 Å². The van der Waals surface area contributed by atoms with Gasteiger partial charge in [0, 0.05) is 13.1 Å². The molecule has 0 bridgehead atoms. The van der Waals surface area contributed by atoms with Gasteiger partial charge in [0.25, 0.3) is 0 Å². The first-order valence-electron chi connectivity index (χ1n) is 4.41. The summed E-state index contributed by atoms with van der Waals surface area (Å²) in [7, 11) is 0. The third-order valence-electron chi connectivity index (χ3n) is 1.48. The van der Waals surface area contributed by atoms with E-state index >= 15 is 0 Å². The average molecular weight is 204 g/mol. The zero-order chi connectivity index (χ0) is 11.0. The lowest BCUT2D eigenvalue weighted by Crippen LogP contribution is -2.38. The van der Waals surface area contributed by atoms with Gasteiger partial charge in [0.2, 0.25) is 5.91 Å². The molecule has 4 N–H and O–H groups in total. The molecule has 82 valence electrons. The molecule has 0 aromatic rings. The van der Waals surface area contributed by atoms with Crippen LogP contribution in [0.4, 0.5) is 0 Å². The van der Waals surface area contributed by atoms with Crippen LogP contribution in [0.1, 0.15) is 13.3 Å². The molecule has 0 saturated heterocycles. The van der Waals surface area contributed by atoms with Gasteiger partial charge in [-0.2, -0.15) is 0 Å². The van der Waals surface area contributed by atoms with E-state index in [4.69, 9.17) is 10.8 Å². The van der Waals surface area contributed by atoms with Crippen LogP contribution in [0.25, 0.3) is 0 Å². The largest absolute Gasteiger partial charge is 0.466 e. The number of amides is 1. The number of hydrogen-bond acceptors (Lipinski definition) is 5. The average Bonchev–Trinajstić information content (AvgIpc) is 2.12. The van der Waals surface area contributed by atoms with Crippen molar-refractivity contribution in [3.05, 3.63) is 0 Å². The number of primary amides is 1. The number of carbonyl (C=O) groups excluding carboxylic acids is 2. The monoisotopic (exact) mass is 204 g/mol. The highest BCUT2D eigenvalue weighted by Gasteiger charge is 2.09. The lowest BCUT2D eigenvalue weighted by atomic mass is 10.3. The molecule has 0 fully saturated rings. The summed E-state index contributed by atoms with van der Waals surface area (Å²) in [5, 5.41) is 11.6. The highest BCUT2D eigenvalue weighted by atomic mass is 16.5. The van der Waals surface area contributed by atoms with Gasteiger partial charge in [0.05, 0.1) is 13.0 Å². The molecule has 6 nitrogen and oxygen atoms in total. The number of esters is 1. The minimum absolute atomic E-state index is 0.0503. The zero-order valence-electron chi connectivity index (χ0n) is 8.16. The van der Waals surface area contributed by atoms with Crippen LogP contribution in [0.2, 0.25) is 0 Å². The summed E-state index contributed by atoms with van der Waals surface area (Å²) < 4.78 is 4.66. The van der Waals surface area contributed by atoms with Crippen molar-refractivity contribution < 1.29 is 19.4 Å². The maximum atomic E-state index is 10.8. The van der Waals surface area contributed by atoms with Crippen LogP contribution in [-0.4, -0.2) is 42.8 Å². The number of nitrogens with two attached hydrogens (primary N) is 1.